The fourth-order valence-electron chi connectivity index (χ4n) is 1.68. The lowest BCUT2D eigenvalue weighted by Gasteiger charge is -2.08. The molecule has 0 unspecified atom stereocenters. The standard InChI is InChI=1S/C11H24O5.C9H20O4/c1-11(2)16-10-9-15-8-7-14-6-5-13-4-3-12;1-9(2)13-8-7-12-6-5-11-4-3-10/h11-12H,3-10H2,1-2H3;9-10H,3-8H2,1-2H3. The SMILES string of the molecule is CC(C)OCCOCCOCCO.CC(C)OCCOCCOCCOCCO. The molecule has 0 atom stereocenters. The van der Waals surface area contributed by atoms with E-state index in [2.05, 4.69) is 0 Å². The molecular formula is C20H44O9. The molecule has 0 rings (SSSR count). The second-order valence-electron chi connectivity index (χ2n) is 6.35. The van der Waals surface area contributed by atoms with Crippen LogP contribution in [0.25, 0.3) is 0 Å². The zero-order valence-electron chi connectivity index (χ0n) is 18.8. The minimum absolute atomic E-state index is 0.0545. The molecule has 0 radical (unpaired) electrons. The molecule has 9 heteroatoms. The van der Waals surface area contributed by atoms with E-state index >= 15 is 0 Å². The van der Waals surface area contributed by atoms with Gasteiger partial charge in [0.15, 0.2) is 0 Å². The molecule has 9 nitrogen and oxygen atoms in total. The summed E-state index contributed by atoms with van der Waals surface area (Å²) in [7, 11) is 0. The van der Waals surface area contributed by atoms with Crippen LogP contribution in [0.4, 0.5) is 0 Å². The van der Waals surface area contributed by atoms with Crippen LogP contribution in [-0.4, -0.2) is 115 Å². The number of hydrogen-bond acceptors (Lipinski definition) is 9. The molecule has 178 valence electrons. The number of aliphatic hydroxyl groups excluding tert-OH is 2. The van der Waals surface area contributed by atoms with Crippen LogP contribution in [0.2, 0.25) is 0 Å². The molecule has 0 aliphatic carbocycles. The maximum atomic E-state index is 8.43. The molecule has 0 amide bonds. The number of rotatable bonds is 21. The van der Waals surface area contributed by atoms with Crippen LogP contribution in [0.5, 0.6) is 0 Å². The summed E-state index contributed by atoms with van der Waals surface area (Å²) < 4.78 is 36.3. The number of aliphatic hydroxyl groups is 2. The van der Waals surface area contributed by atoms with Crippen LogP contribution in [0, 0.1) is 0 Å². The minimum Gasteiger partial charge on any atom is -0.394 e. The Labute approximate surface area is 176 Å². The topological polar surface area (TPSA) is 105 Å². The molecule has 0 spiro atoms. The maximum absolute atomic E-state index is 8.43. The monoisotopic (exact) mass is 428 g/mol. The van der Waals surface area contributed by atoms with Gasteiger partial charge in [-0.15, -0.1) is 0 Å². The van der Waals surface area contributed by atoms with Crippen molar-refractivity contribution in [2.75, 3.05) is 92.5 Å². The first-order chi connectivity index (χ1) is 14.0. The van der Waals surface area contributed by atoms with E-state index in [0.717, 1.165) is 0 Å². The van der Waals surface area contributed by atoms with E-state index in [0.29, 0.717) is 79.3 Å². The Morgan fingerprint density at radius 3 is 0.897 bits per heavy atom. The Morgan fingerprint density at radius 1 is 0.414 bits per heavy atom. The van der Waals surface area contributed by atoms with Gasteiger partial charge in [-0.2, -0.15) is 0 Å². The second kappa shape index (κ2) is 27.6. The van der Waals surface area contributed by atoms with E-state index in [1.807, 2.05) is 27.7 Å². The second-order valence-corrected chi connectivity index (χ2v) is 6.35. The third kappa shape index (κ3) is 35.5. The van der Waals surface area contributed by atoms with Gasteiger partial charge in [-0.1, -0.05) is 0 Å². The van der Waals surface area contributed by atoms with Gasteiger partial charge in [-0.05, 0) is 27.7 Å². The lowest BCUT2D eigenvalue weighted by molar-refractivity contribution is -0.0140. The van der Waals surface area contributed by atoms with E-state index in [1.54, 1.807) is 0 Å². The van der Waals surface area contributed by atoms with Crippen molar-refractivity contribution in [1.82, 2.24) is 0 Å². The number of ether oxygens (including phenoxy) is 7. The quantitative estimate of drug-likeness (QED) is 0.258. The highest BCUT2D eigenvalue weighted by Gasteiger charge is 1.94. The smallest absolute Gasteiger partial charge is 0.0703 e. The van der Waals surface area contributed by atoms with Crippen molar-refractivity contribution in [3.8, 4) is 0 Å². The summed E-state index contributed by atoms with van der Waals surface area (Å²) in [5.74, 6) is 0. The van der Waals surface area contributed by atoms with Gasteiger partial charge in [-0.3, -0.25) is 0 Å². The Bertz CT molecular complexity index is 279. The summed E-state index contributed by atoms with van der Waals surface area (Å²) in [5, 5.41) is 16.8. The van der Waals surface area contributed by atoms with Crippen molar-refractivity contribution in [3.05, 3.63) is 0 Å². The third-order valence-corrected chi connectivity index (χ3v) is 2.94. The lowest BCUT2D eigenvalue weighted by atomic mass is 10.5. The van der Waals surface area contributed by atoms with Crippen LogP contribution in [0.3, 0.4) is 0 Å². The van der Waals surface area contributed by atoms with E-state index in [9.17, 15) is 0 Å². The van der Waals surface area contributed by atoms with Gasteiger partial charge >= 0.3 is 0 Å². The molecule has 0 aliphatic heterocycles. The Hall–Kier alpha value is -0.360. The summed E-state index contributed by atoms with van der Waals surface area (Å²) in [6, 6.07) is 0. The van der Waals surface area contributed by atoms with Crippen molar-refractivity contribution >= 4 is 0 Å². The van der Waals surface area contributed by atoms with Crippen LogP contribution < -0.4 is 0 Å². The predicted molar refractivity (Wildman–Crippen MR) is 110 cm³/mol. The Morgan fingerprint density at radius 2 is 0.655 bits per heavy atom. The zero-order chi connectivity index (χ0) is 22.0. The Kier molecular flexibility index (Phi) is 29.4. The largest absolute Gasteiger partial charge is 0.394 e. The minimum atomic E-state index is 0.0545. The Balaban J connectivity index is 0. The summed E-state index contributed by atoms with van der Waals surface area (Å²) in [5.41, 5.74) is 0. The average molecular weight is 429 g/mol. The van der Waals surface area contributed by atoms with Gasteiger partial charge in [0, 0.05) is 0 Å². The normalized spacial score (nSPS) is 11.2. The van der Waals surface area contributed by atoms with Gasteiger partial charge in [-0.25, -0.2) is 0 Å². The summed E-state index contributed by atoms with van der Waals surface area (Å²) >= 11 is 0. The van der Waals surface area contributed by atoms with Gasteiger partial charge < -0.3 is 43.4 Å². The first kappa shape index (κ1) is 30.8. The average Bonchev–Trinajstić information content (AvgIpc) is 2.68. The van der Waals surface area contributed by atoms with Crippen molar-refractivity contribution in [1.29, 1.82) is 0 Å². The van der Waals surface area contributed by atoms with E-state index in [4.69, 9.17) is 43.4 Å². The molecular weight excluding hydrogens is 384 g/mol. The molecule has 0 saturated heterocycles. The van der Waals surface area contributed by atoms with Crippen LogP contribution >= 0.6 is 0 Å². The van der Waals surface area contributed by atoms with Gasteiger partial charge in [0.25, 0.3) is 0 Å². The molecule has 0 aromatic carbocycles. The van der Waals surface area contributed by atoms with Crippen molar-refractivity contribution in [2.24, 2.45) is 0 Å². The van der Waals surface area contributed by atoms with E-state index < -0.39 is 0 Å². The van der Waals surface area contributed by atoms with Gasteiger partial charge in [0.05, 0.1) is 105 Å². The van der Waals surface area contributed by atoms with Crippen LogP contribution in [-0.2, 0) is 33.2 Å². The van der Waals surface area contributed by atoms with E-state index in [1.165, 1.54) is 0 Å². The van der Waals surface area contributed by atoms with Crippen molar-refractivity contribution in [3.63, 3.8) is 0 Å². The lowest BCUT2D eigenvalue weighted by Crippen LogP contribution is -2.14. The highest BCUT2D eigenvalue weighted by Crippen LogP contribution is 1.88. The van der Waals surface area contributed by atoms with Gasteiger partial charge in [0.1, 0.15) is 0 Å². The highest BCUT2D eigenvalue weighted by molar-refractivity contribution is 4.38. The van der Waals surface area contributed by atoms with Crippen LogP contribution in [0.1, 0.15) is 27.7 Å². The summed E-state index contributed by atoms with van der Waals surface area (Å²) in [6.45, 7) is 14.5. The highest BCUT2D eigenvalue weighted by atomic mass is 16.6. The molecule has 0 fully saturated rings. The van der Waals surface area contributed by atoms with Crippen molar-refractivity contribution in [2.45, 2.75) is 39.9 Å². The maximum Gasteiger partial charge on any atom is 0.0703 e. The van der Waals surface area contributed by atoms with E-state index in [-0.39, 0.29) is 25.4 Å². The van der Waals surface area contributed by atoms with Crippen molar-refractivity contribution < 1.29 is 43.4 Å². The zero-order valence-corrected chi connectivity index (χ0v) is 18.8. The fraction of sp³-hybridized carbons (Fsp3) is 1.00. The first-order valence-electron chi connectivity index (χ1n) is 10.4. The third-order valence-electron chi connectivity index (χ3n) is 2.94. The predicted octanol–water partition coefficient (Wildman–Crippen LogP) is 0.890. The molecule has 0 bridgehead atoms. The summed E-state index contributed by atoms with van der Waals surface area (Å²) in [4.78, 5) is 0. The van der Waals surface area contributed by atoms with Crippen LogP contribution in [0.15, 0.2) is 0 Å². The fourth-order valence-corrected chi connectivity index (χ4v) is 1.68. The molecule has 2 N–H and O–H groups in total. The molecule has 0 aromatic heterocycles. The molecule has 0 heterocycles. The first-order valence-corrected chi connectivity index (χ1v) is 10.4. The number of hydrogen-bond donors (Lipinski definition) is 2. The molecule has 0 aliphatic rings. The summed E-state index contributed by atoms with van der Waals surface area (Å²) in [6.07, 6.45) is 0.512. The van der Waals surface area contributed by atoms with Gasteiger partial charge in [0.2, 0.25) is 0 Å². The molecule has 29 heavy (non-hydrogen) atoms. The molecule has 0 saturated carbocycles. The molecule has 0 aromatic rings.